The molecular weight excluding hydrogens is 226 g/mol. The zero-order chi connectivity index (χ0) is 13.1. The molecule has 0 amide bonds. The standard InChI is InChI=1S/C15H25NS/c1-12-6-7-14(15(2,3)4)10-13(12)11-16(5)8-9-17/h6-7,10,17H,8-9,11H2,1-5H3. The van der Waals surface area contributed by atoms with Crippen molar-refractivity contribution in [1.29, 1.82) is 0 Å². The molecule has 0 aromatic heterocycles. The molecule has 1 aromatic rings. The molecule has 0 heterocycles. The van der Waals surface area contributed by atoms with Crippen LogP contribution in [0.15, 0.2) is 18.2 Å². The van der Waals surface area contributed by atoms with Crippen molar-refractivity contribution in [2.45, 2.75) is 39.7 Å². The van der Waals surface area contributed by atoms with E-state index in [1.54, 1.807) is 0 Å². The van der Waals surface area contributed by atoms with E-state index in [9.17, 15) is 0 Å². The molecule has 1 rings (SSSR count). The van der Waals surface area contributed by atoms with Crippen molar-refractivity contribution >= 4 is 12.6 Å². The second-order valence-electron chi connectivity index (χ2n) is 5.85. The molecular formula is C15H25NS. The van der Waals surface area contributed by atoms with Crippen LogP contribution in [0.2, 0.25) is 0 Å². The number of benzene rings is 1. The summed E-state index contributed by atoms with van der Waals surface area (Å²) in [4.78, 5) is 2.32. The van der Waals surface area contributed by atoms with E-state index in [2.05, 4.69) is 70.5 Å². The number of hydrogen-bond acceptors (Lipinski definition) is 2. The minimum Gasteiger partial charge on any atom is -0.301 e. The topological polar surface area (TPSA) is 3.24 Å². The average Bonchev–Trinajstić information content (AvgIpc) is 2.20. The van der Waals surface area contributed by atoms with Gasteiger partial charge in [-0.25, -0.2) is 0 Å². The van der Waals surface area contributed by atoms with E-state index in [1.807, 2.05) is 0 Å². The molecule has 0 atom stereocenters. The average molecular weight is 251 g/mol. The van der Waals surface area contributed by atoms with Crippen LogP contribution in [0.3, 0.4) is 0 Å². The first-order chi connectivity index (χ1) is 7.84. The van der Waals surface area contributed by atoms with Gasteiger partial charge in [0.05, 0.1) is 0 Å². The number of nitrogens with zero attached hydrogens (tertiary/aromatic N) is 1. The van der Waals surface area contributed by atoms with Gasteiger partial charge < -0.3 is 4.90 Å². The third kappa shape index (κ3) is 4.36. The number of aryl methyl sites for hydroxylation is 1. The highest BCUT2D eigenvalue weighted by Gasteiger charge is 2.15. The van der Waals surface area contributed by atoms with Crippen molar-refractivity contribution in [2.24, 2.45) is 0 Å². The molecule has 0 fully saturated rings. The minimum atomic E-state index is 0.227. The summed E-state index contributed by atoms with van der Waals surface area (Å²) in [5, 5.41) is 0. The van der Waals surface area contributed by atoms with E-state index in [0.717, 1.165) is 18.8 Å². The van der Waals surface area contributed by atoms with Gasteiger partial charge in [0.15, 0.2) is 0 Å². The predicted octanol–water partition coefficient (Wildman–Crippen LogP) is 3.65. The SMILES string of the molecule is Cc1ccc(C(C)(C)C)cc1CN(C)CCS. The van der Waals surface area contributed by atoms with Crippen molar-refractivity contribution in [2.75, 3.05) is 19.3 Å². The molecule has 1 aromatic carbocycles. The lowest BCUT2D eigenvalue weighted by Crippen LogP contribution is -2.21. The Kier molecular flexibility index (Phi) is 5.08. The molecule has 0 unspecified atom stereocenters. The van der Waals surface area contributed by atoms with E-state index >= 15 is 0 Å². The summed E-state index contributed by atoms with van der Waals surface area (Å²) in [7, 11) is 2.15. The molecule has 1 nitrogen and oxygen atoms in total. The predicted molar refractivity (Wildman–Crippen MR) is 80.1 cm³/mol. The first-order valence-corrected chi connectivity index (χ1v) is 6.87. The molecule has 0 bridgehead atoms. The van der Waals surface area contributed by atoms with Gasteiger partial charge in [0.25, 0.3) is 0 Å². The molecule has 0 aliphatic carbocycles. The van der Waals surface area contributed by atoms with Crippen molar-refractivity contribution in [3.8, 4) is 0 Å². The summed E-state index contributed by atoms with van der Waals surface area (Å²) in [5.41, 5.74) is 4.45. The molecule has 0 spiro atoms. The number of hydrogen-bond donors (Lipinski definition) is 1. The van der Waals surface area contributed by atoms with Gasteiger partial charge in [-0.2, -0.15) is 12.6 Å². The molecule has 0 radical (unpaired) electrons. The first-order valence-electron chi connectivity index (χ1n) is 6.24. The largest absolute Gasteiger partial charge is 0.301 e. The summed E-state index contributed by atoms with van der Waals surface area (Å²) in [5.74, 6) is 0.911. The third-order valence-electron chi connectivity index (χ3n) is 3.14. The van der Waals surface area contributed by atoms with Gasteiger partial charge in [0, 0.05) is 18.8 Å². The van der Waals surface area contributed by atoms with Crippen LogP contribution in [0.4, 0.5) is 0 Å². The van der Waals surface area contributed by atoms with Gasteiger partial charge in [-0.05, 0) is 36.1 Å². The van der Waals surface area contributed by atoms with Gasteiger partial charge in [-0.1, -0.05) is 39.0 Å². The highest BCUT2D eigenvalue weighted by Crippen LogP contribution is 2.24. The second kappa shape index (κ2) is 5.92. The van der Waals surface area contributed by atoms with Crippen LogP contribution in [0.5, 0.6) is 0 Å². The highest BCUT2D eigenvalue weighted by molar-refractivity contribution is 7.80. The second-order valence-corrected chi connectivity index (χ2v) is 6.30. The molecule has 2 heteroatoms. The first kappa shape index (κ1) is 14.6. The Morgan fingerprint density at radius 2 is 1.88 bits per heavy atom. The molecule has 0 aliphatic rings. The molecule has 0 aliphatic heterocycles. The van der Waals surface area contributed by atoms with E-state index in [0.29, 0.717) is 0 Å². The van der Waals surface area contributed by atoms with Crippen LogP contribution < -0.4 is 0 Å². The molecule has 0 saturated carbocycles. The van der Waals surface area contributed by atoms with Crippen molar-refractivity contribution in [1.82, 2.24) is 4.90 Å². The van der Waals surface area contributed by atoms with Crippen LogP contribution >= 0.6 is 12.6 Å². The van der Waals surface area contributed by atoms with Crippen LogP contribution in [0, 0.1) is 6.92 Å². The summed E-state index contributed by atoms with van der Waals surface area (Å²) in [6, 6.07) is 6.84. The van der Waals surface area contributed by atoms with Gasteiger partial charge in [0.2, 0.25) is 0 Å². The fourth-order valence-electron chi connectivity index (χ4n) is 1.85. The minimum absolute atomic E-state index is 0.227. The summed E-state index contributed by atoms with van der Waals surface area (Å²) in [6.45, 7) is 11.0. The molecule has 0 N–H and O–H groups in total. The van der Waals surface area contributed by atoms with E-state index in [-0.39, 0.29) is 5.41 Å². The fourth-order valence-corrected chi connectivity index (χ4v) is 2.19. The van der Waals surface area contributed by atoms with Crippen molar-refractivity contribution in [3.05, 3.63) is 34.9 Å². The molecule has 17 heavy (non-hydrogen) atoms. The monoisotopic (exact) mass is 251 g/mol. The zero-order valence-electron chi connectivity index (χ0n) is 11.7. The summed E-state index contributed by atoms with van der Waals surface area (Å²) >= 11 is 4.28. The fraction of sp³-hybridized carbons (Fsp3) is 0.600. The van der Waals surface area contributed by atoms with Gasteiger partial charge >= 0.3 is 0 Å². The summed E-state index contributed by atoms with van der Waals surface area (Å²) < 4.78 is 0. The Bertz CT molecular complexity index is 366. The van der Waals surface area contributed by atoms with E-state index < -0.39 is 0 Å². The molecule has 0 saturated heterocycles. The maximum absolute atomic E-state index is 4.28. The Morgan fingerprint density at radius 3 is 2.41 bits per heavy atom. The maximum atomic E-state index is 4.28. The smallest absolute Gasteiger partial charge is 0.0233 e. The summed E-state index contributed by atoms with van der Waals surface area (Å²) in [6.07, 6.45) is 0. The Labute approximate surface area is 112 Å². The Morgan fingerprint density at radius 1 is 1.24 bits per heavy atom. The lowest BCUT2D eigenvalue weighted by Gasteiger charge is -2.23. The van der Waals surface area contributed by atoms with Gasteiger partial charge in [0.1, 0.15) is 0 Å². The van der Waals surface area contributed by atoms with Crippen molar-refractivity contribution < 1.29 is 0 Å². The number of rotatable bonds is 4. The highest BCUT2D eigenvalue weighted by atomic mass is 32.1. The Hall–Kier alpha value is -0.470. The number of thiol groups is 1. The van der Waals surface area contributed by atoms with E-state index in [1.165, 1.54) is 16.7 Å². The van der Waals surface area contributed by atoms with Crippen molar-refractivity contribution in [3.63, 3.8) is 0 Å². The molecule has 96 valence electrons. The van der Waals surface area contributed by atoms with E-state index in [4.69, 9.17) is 0 Å². The normalized spacial score (nSPS) is 12.2. The lowest BCUT2D eigenvalue weighted by molar-refractivity contribution is 0.348. The maximum Gasteiger partial charge on any atom is 0.0233 e. The van der Waals surface area contributed by atoms with Gasteiger partial charge in [-0.3, -0.25) is 0 Å². The van der Waals surface area contributed by atoms with Gasteiger partial charge in [-0.15, -0.1) is 0 Å². The quantitative estimate of drug-likeness (QED) is 0.799. The van der Waals surface area contributed by atoms with Crippen LogP contribution in [-0.2, 0) is 12.0 Å². The van der Waals surface area contributed by atoms with Crippen LogP contribution in [-0.4, -0.2) is 24.2 Å². The third-order valence-corrected chi connectivity index (χ3v) is 3.34. The zero-order valence-corrected chi connectivity index (χ0v) is 12.6. The van der Waals surface area contributed by atoms with Crippen LogP contribution in [0.1, 0.15) is 37.5 Å². The lowest BCUT2D eigenvalue weighted by atomic mass is 9.85. The van der Waals surface area contributed by atoms with Crippen LogP contribution in [0.25, 0.3) is 0 Å². The Balaban J connectivity index is 2.91.